The monoisotopic (exact) mass is 296 g/mol. The average molecular weight is 296 g/mol. The van der Waals surface area contributed by atoms with Crippen LogP contribution in [-0.2, 0) is 14.8 Å². The molecule has 1 heterocycles. The van der Waals surface area contributed by atoms with Gasteiger partial charge >= 0.3 is 0 Å². The highest BCUT2D eigenvalue weighted by molar-refractivity contribution is 7.92. The second-order valence-electron chi connectivity index (χ2n) is 4.50. The van der Waals surface area contributed by atoms with Crippen molar-refractivity contribution in [2.45, 2.75) is 6.92 Å². The first kappa shape index (κ1) is 14.5. The Hall–Kier alpha value is -1.86. The van der Waals surface area contributed by atoms with Crippen LogP contribution in [0.15, 0.2) is 29.1 Å². The molecule has 0 aliphatic carbocycles. The second-order valence-corrected chi connectivity index (χ2v) is 6.34. The van der Waals surface area contributed by atoms with E-state index < -0.39 is 10.0 Å². The quantitative estimate of drug-likeness (QED) is 0.868. The molecule has 0 fully saturated rings. The molecule has 7 heteroatoms. The van der Waals surface area contributed by atoms with Crippen LogP contribution in [0.1, 0.15) is 5.56 Å². The van der Waals surface area contributed by atoms with E-state index in [0.717, 1.165) is 5.39 Å². The summed E-state index contributed by atoms with van der Waals surface area (Å²) in [5, 5.41) is 0.849. The lowest BCUT2D eigenvalue weighted by Gasteiger charge is -2.08. The first-order valence-electron chi connectivity index (χ1n) is 6.04. The first-order chi connectivity index (χ1) is 9.41. The van der Waals surface area contributed by atoms with Gasteiger partial charge in [-0.1, -0.05) is 6.07 Å². The van der Waals surface area contributed by atoms with Gasteiger partial charge in [0.1, 0.15) is 0 Å². The maximum Gasteiger partial charge on any atom is 0.251 e. The molecule has 0 saturated heterocycles. The van der Waals surface area contributed by atoms with Crippen LogP contribution in [0.3, 0.4) is 0 Å². The topological polar surface area (TPSA) is 88.3 Å². The minimum absolute atomic E-state index is 0.119. The number of ether oxygens (including phenoxy) is 1. The number of pyridine rings is 1. The number of hydrogen-bond donors (Lipinski definition) is 2. The number of sulfonamides is 1. The van der Waals surface area contributed by atoms with Crippen molar-refractivity contribution in [3.8, 4) is 0 Å². The fourth-order valence-electron chi connectivity index (χ4n) is 1.80. The van der Waals surface area contributed by atoms with Crippen molar-refractivity contribution >= 4 is 26.6 Å². The molecule has 1 aromatic carbocycles. The highest BCUT2D eigenvalue weighted by Gasteiger charge is 2.10. The van der Waals surface area contributed by atoms with Gasteiger partial charge in [0.15, 0.2) is 0 Å². The van der Waals surface area contributed by atoms with Gasteiger partial charge < -0.3 is 9.72 Å². The number of benzene rings is 1. The molecular formula is C13H16N2O4S. The van der Waals surface area contributed by atoms with Gasteiger partial charge in [-0.3, -0.25) is 9.52 Å². The van der Waals surface area contributed by atoms with Crippen molar-refractivity contribution in [2.24, 2.45) is 0 Å². The summed E-state index contributed by atoms with van der Waals surface area (Å²) in [5.74, 6) is -0.119. The van der Waals surface area contributed by atoms with Crippen molar-refractivity contribution in [3.63, 3.8) is 0 Å². The van der Waals surface area contributed by atoms with E-state index in [0.29, 0.717) is 16.8 Å². The Labute approximate surface area is 116 Å². The Morgan fingerprint density at radius 3 is 2.75 bits per heavy atom. The van der Waals surface area contributed by atoms with Gasteiger partial charge in [0, 0.05) is 12.7 Å². The average Bonchev–Trinajstić information content (AvgIpc) is 2.38. The number of anilines is 1. The third kappa shape index (κ3) is 3.37. The van der Waals surface area contributed by atoms with Crippen LogP contribution in [0.4, 0.5) is 5.69 Å². The zero-order chi connectivity index (χ0) is 14.8. The largest absolute Gasteiger partial charge is 0.384 e. The van der Waals surface area contributed by atoms with Crippen LogP contribution < -0.4 is 10.3 Å². The number of H-pyrrole nitrogens is 1. The van der Waals surface area contributed by atoms with Crippen LogP contribution in [0.25, 0.3) is 10.9 Å². The van der Waals surface area contributed by atoms with E-state index >= 15 is 0 Å². The van der Waals surface area contributed by atoms with E-state index in [2.05, 4.69) is 9.71 Å². The standard InChI is InChI=1S/C13H16N2O4S/c1-9-7-10-3-4-11(8-12(10)14-13(9)16)15-20(17,18)6-5-19-2/h3-4,7-8,15H,5-6H2,1-2H3,(H,14,16). The Bertz CT molecular complexity index is 781. The van der Waals surface area contributed by atoms with Crippen LogP contribution in [0.5, 0.6) is 0 Å². The van der Waals surface area contributed by atoms with Crippen LogP contribution in [0.2, 0.25) is 0 Å². The SMILES string of the molecule is COCCS(=O)(=O)Nc1ccc2cc(C)c(=O)[nH]c2c1. The van der Waals surface area contributed by atoms with E-state index in [9.17, 15) is 13.2 Å². The highest BCUT2D eigenvalue weighted by Crippen LogP contribution is 2.18. The molecule has 0 spiro atoms. The van der Waals surface area contributed by atoms with E-state index in [-0.39, 0.29) is 17.9 Å². The molecule has 0 unspecified atom stereocenters. The number of aromatic nitrogens is 1. The zero-order valence-corrected chi connectivity index (χ0v) is 12.1. The predicted molar refractivity (Wildman–Crippen MR) is 78.6 cm³/mol. The van der Waals surface area contributed by atoms with Crippen molar-refractivity contribution < 1.29 is 13.2 Å². The summed E-state index contributed by atoms with van der Waals surface area (Å²) < 4.78 is 30.7. The molecule has 2 rings (SSSR count). The van der Waals surface area contributed by atoms with Crippen LogP contribution >= 0.6 is 0 Å². The predicted octanol–water partition coefficient (Wildman–Crippen LogP) is 1.22. The van der Waals surface area contributed by atoms with Gasteiger partial charge in [-0.15, -0.1) is 0 Å². The van der Waals surface area contributed by atoms with Crippen LogP contribution in [-0.4, -0.2) is 32.9 Å². The number of nitrogens with one attached hydrogen (secondary N) is 2. The molecular weight excluding hydrogens is 280 g/mol. The summed E-state index contributed by atoms with van der Waals surface area (Å²) in [7, 11) is -2.01. The summed E-state index contributed by atoms with van der Waals surface area (Å²) in [5.41, 5.74) is 1.43. The maximum atomic E-state index is 11.8. The molecule has 0 saturated carbocycles. The molecule has 2 N–H and O–H groups in total. The van der Waals surface area contributed by atoms with Crippen molar-refractivity contribution in [1.29, 1.82) is 0 Å². The number of rotatable bonds is 5. The number of hydrogen-bond acceptors (Lipinski definition) is 4. The smallest absolute Gasteiger partial charge is 0.251 e. The van der Waals surface area contributed by atoms with Crippen molar-refractivity contribution in [2.75, 3.05) is 24.2 Å². The van der Waals surface area contributed by atoms with Gasteiger partial charge in [0.05, 0.1) is 23.6 Å². The molecule has 2 aromatic rings. The van der Waals surface area contributed by atoms with Gasteiger partial charge in [-0.05, 0) is 30.5 Å². The Kier molecular flexibility index (Phi) is 4.10. The van der Waals surface area contributed by atoms with E-state index in [4.69, 9.17) is 4.74 Å². The minimum Gasteiger partial charge on any atom is -0.384 e. The molecule has 0 aliphatic heterocycles. The lowest BCUT2D eigenvalue weighted by atomic mass is 10.1. The lowest BCUT2D eigenvalue weighted by Crippen LogP contribution is -2.19. The number of aryl methyl sites for hydroxylation is 1. The fraction of sp³-hybridized carbons (Fsp3) is 0.308. The van der Waals surface area contributed by atoms with Crippen molar-refractivity contribution in [3.05, 3.63) is 40.2 Å². The summed E-state index contributed by atoms with van der Waals surface area (Å²) in [6.07, 6.45) is 0. The molecule has 0 bridgehead atoms. The van der Waals surface area contributed by atoms with Crippen LogP contribution in [0, 0.1) is 6.92 Å². The Morgan fingerprint density at radius 2 is 2.05 bits per heavy atom. The van der Waals surface area contributed by atoms with Crippen molar-refractivity contribution in [1.82, 2.24) is 4.98 Å². The maximum absolute atomic E-state index is 11.8. The third-order valence-electron chi connectivity index (χ3n) is 2.86. The van der Waals surface area contributed by atoms with Gasteiger partial charge in [0.25, 0.3) is 5.56 Å². The summed E-state index contributed by atoms with van der Waals surface area (Å²) in [6.45, 7) is 1.85. The van der Waals surface area contributed by atoms with E-state index in [1.165, 1.54) is 7.11 Å². The zero-order valence-electron chi connectivity index (χ0n) is 11.3. The molecule has 0 atom stereocenters. The second kappa shape index (κ2) is 5.64. The summed E-state index contributed by atoms with van der Waals surface area (Å²) >= 11 is 0. The number of aromatic amines is 1. The lowest BCUT2D eigenvalue weighted by molar-refractivity contribution is 0.217. The van der Waals surface area contributed by atoms with Gasteiger partial charge in [-0.2, -0.15) is 0 Å². The molecule has 1 aromatic heterocycles. The summed E-state index contributed by atoms with van der Waals surface area (Å²) in [4.78, 5) is 14.3. The van der Waals surface area contributed by atoms with E-state index in [1.54, 1.807) is 31.2 Å². The summed E-state index contributed by atoms with van der Waals surface area (Å²) in [6, 6.07) is 6.77. The van der Waals surface area contributed by atoms with Gasteiger partial charge in [-0.25, -0.2) is 8.42 Å². The minimum atomic E-state index is -3.45. The molecule has 0 radical (unpaired) electrons. The Balaban J connectivity index is 2.33. The highest BCUT2D eigenvalue weighted by atomic mass is 32.2. The molecule has 20 heavy (non-hydrogen) atoms. The number of fused-ring (bicyclic) bond motifs is 1. The molecule has 108 valence electrons. The molecule has 0 amide bonds. The normalized spacial score (nSPS) is 11.7. The first-order valence-corrected chi connectivity index (χ1v) is 7.69. The van der Waals surface area contributed by atoms with Gasteiger partial charge in [0.2, 0.25) is 10.0 Å². The van der Waals surface area contributed by atoms with E-state index in [1.807, 2.05) is 0 Å². The molecule has 6 nitrogen and oxygen atoms in total. The Morgan fingerprint density at radius 1 is 1.30 bits per heavy atom. The fourth-order valence-corrected chi connectivity index (χ4v) is 2.77. The molecule has 0 aliphatic rings. The third-order valence-corrected chi connectivity index (χ3v) is 4.11. The number of methoxy groups -OCH3 is 1.